The number of anilines is 1. The van der Waals surface area contributed by atoms with Gasteiger partial charge in [-0.15, -0.1) is 0 Å². The first kappa shape index (κ1) is 13.3. The van der Waals surface area contributed by atoms with E-state index in [1.165, 1.54) is 0 Å². The predicted octanol–water partition coefficient (Wildman–Crippen LogP) is 1.16. The molecule has 4 nitrogen and oxygen atoms in total. The van der Waals surface area contributed by atoms with Crippen molar-refractivity contribution in [2.45, 2.75) is 6.92 Å². The van der Waals surface area contributed by atoms with Crippen LogP contribution in [0, 0.1) is 6.92 Å². The first-order valence-electron chi connectivity index (χ1n) is 5.02. The van der Waals surface area contributed by atoms with Crippen LogP contribution in [0.25, 0.3) is 0 Å². The number of aromatic nitrogens is 2. The second-order valence-corrected chi connectivity index (χ2v) is 5.11. The molecule has 90 valence electrons. The van der Waals surface area contributed by atoms with E-state index in [-0.39, 0.29) is 0 Å². The van der Waals surface area contributed by atoms with Crippen LogP contribution in [0.4, 0.5) is 5.82 Å². The van der Waals surface area contributed by atoms with E-state index in [4.69, 9.17) is 18.0 Å². The molecular weight excluding hydrogens is 240 g/mol. The van der Waals surface area contributed by atoms with Crippen molar-refractivity contribution in [1.29, 1.82) is 0 Å². The molecule has 0 amide bonds. The molecule has 16 heavy (non-hydrogen) atoms. The lowest BCUT2D eigenvalue weighted by Gasteiger charge is -2.20. The molecule has 0 bridgehead atoms. The monoisotopic (exact) mass is 258 g/mol. The summed E-state index contributed by atoms with van der Waals surface area (Å²) in [7, 11) is 3.95. The molecule has 0 atom stereocenters. The standard InChI is InChI=1S/C10H18N4S2/c1-7-8(9(11)15)10(14(3)12-7)13(2)5-6-16-4/h5-6H2,1-4H3,(H2,11,15). The number of hydrogen-bond donors (Lipinski definition) is 1. The maximum Gasteiger partial charge on any atom is 0.136 e. The SMILES string of the molecule is CSCCN(C)c1c(C(N)=S)c(C)nn1C. The van der Waals surface area contributed by atoms with Crippen molar-refractivity contribution in [3.63, 3.8) is 0 Å². The van der Waals surface area contributed by atoms with Gasteiger partial charge in [0.1, 0.15) is 10.8 Å². The zero-order valence-corrected chi connectivity index (χ0v) is 11.8. The molecule has 0 spiro atoms. The summed E-state index contributed by atoms with van der Waals surface area (Å²) in [5.41, 5.74) is 7.52. The summed E-state index contributed by atoms with van der Waals surface area (Å²) in [4.78, 5) is 2.56. The highest BCUT2D eigenvalue weighted by molar-refractivity contribution is 7.98. The van der Waals surface area contributed by atoms with E-state index in [0.29, 0.717) is 4.99 Å². The molecular formula is C10H18N4S2. The lowest BCUT2D eigenvalue weighted by Crippen LogP contribution is -2.25. The van der Waals surface area contributed by atoms with Crippen molar-refractivity contribution in [3.8, 4) is 0 Å². The fourth-order valence-electron chi connectivity index (χ4n) is 1.71. The van der Waals surface area contributed by atoms with Gasteiger partial charge in [-0.25, -0.2) is 0 Å². The summed E-state index contributed by atoms with van der Waals surface area (Å²) in [6, 6.07) is 0. The number of rotatable bonds is 5. The van der Waals surface area contributed by atoms with Gasteiger partial charge in [-0.05, 0) is 13.2 Å². The quantitative estimate of drug-likeness (QED) is 0.803. The average Bonchev–Trinajstić information content (AvgIpc) is 2.50. The van der Waals surface area contributed by atoms with Crippen LogP contribution in [0.1, 0.15) is 11.3 Å². The molecule has 0 aromatic carbocycles. The zero-order valence-electron chi connectivity index (χ0n) is 10.1. The van der Waals surface area contributed by atoms with Gasteiger partial charge in [0.2, 0.25) is 0 Å². The Bertz CT molecular complexity index is 386. The van der Waals surface area contributed by atoms with Crippen LogP contribution in [0.5, 0.6) is 0 Å². The Kier molecular flexibility index (Phi) is 4.61. The van der Waals surface area contributed by atoms with Gasteiger partial charge in [0.05, 0.1) is 11.3 Å². The lowest BCUT2D eigenvalue weighted by atomic mass is 10.2. The third kappa shape index (κ3) is 2.68. The summed E-state index contributed by atoms with van der Waals surface area (Å²) < 4.78 is 1.84. The minimum Gasteiger partial charge on any atom is -0.389 e. The molecule has 0 saturated carbocycles. The van der Waals surface area contributed by atoms with Crippen LogP contribution in [0.2, 0.25) is 0 Å². The zero-order chi connectivity index (χ0) is 12.3. The minimum absolute atomic E-state index is 0.414. The topological polar surface area (TPSA) is 47.1 Å². The molecule has 1 heterocycles. The van der Waals surface area contributed by atoms with E-state index < -0.39 is 0 Å². The Morgan fingerprint density at radius 3 is 2.75 bits per heavy atom. The predicted molar refractivity (Wildman–Crippen MR) is 75.5 cm³/mol. The van der Waals surface area contributed by atoms with Gasteiger partial charge in [-0.2, -0.15) is 16.9 Å². The van der Waals surface area contributed by atoms with Crippen LogP contribution in [0.15, 0.2) is 0 Å². The number of thiocarbonyl (C=S) groups is 1. The Labute approximate surface area is 106 Å². The number of hydrogen-bond acceptors (Lipinski definition) is 4. The highest BCUT2D eigenvalue weighted by Crippen LogP contribution is 2.22. The maximum atomic E-state index is 5.74. The second kappa shape index (κ2) is 5.54. The van der Waals surface area contributed by atoms with Crippen molar-refractivity contribution in [3.05, 3.63) is 11.3 Å². The Morgan fingerprint density at radius 1 is 1.62 bits per heavy atom. The van der Waals surface area contributed by atoms with Gasteiger partial charge in [0, 0.05) is 26.4 Å². The lowest BCUT2D eigenvalue weighted by molar-refractivity contribution is 0.734. The third-order valence-corrected chi connectivity index (χ3v) is 3.23. The van der Waals surface area contributed by atoms with Gasteiger partial charge < -0.3 is 10.6 Å². The van der Waals surface area contributed by atoms with Crippen LogP contribution < -0.4 is 10.6 Å². The Hall–Kier alpha value is -0.750. The van der Waals surface area contributed by atoms with Crippen LogP contribution >= 0.6 is 24.0 Å². The van der Waals surface area contributed by atoms with Gasteiger partial charge in [-0.3, -0.25) is 4.68 Å². The smallest absolute Gasteiger partial charge is 0.136 e. The van der Waals surface area contributed by atoms with E-state index in [2.05, 4.69) is 16.3 Å². The summed E-state index contributed by atoms with van der Waals surface area (Å²) in [5, 5.41) is 4.36. The van der Waals surface area contributed by atoms with Crippen molar-refractivity contribution >= 4 is 34.8 Å². The van der Waals surface area contributed by atoms with Crippen molar-refractivity contribution in [1.82, 2.24) is 9.78 Å². The van der Waals surface area contributed by atoms with Gasteiger partial charge >= 0.3 is 0 Å². The number of thioether (sulfide) groups is 1. The molecule has 0 aliphatic carbocycles. The second-order valence-electron chi connectivity index (χ2n) is 3.69. The van der Waals surface area contributed by atoms with Gasteiger partial charge in [-0.1, -0.05) is 12.2 Å². The van der Waals surface area contributed by atoms with E-state index in [1.54, 1.807) is 0 Å². The normalized spacial score (nSPS) is 10.5. The highest BCUT2D eigenvalue weighted by Gasteiger charge is 2.18. The summed E-state index contributed by atoms with van der Waals surface area (Å²) in [5.74, 6) is 2.07. The molecule has 1 rings (SSSR count). The molecule has 1 aromatic heterocycles. The molecule has 0 unspecified atom stereocenters. The number of nitrogens with two attached hydrogens (primary N) is 1. The minimum atomic E-state index is 0.414. The van der Waals surface area contributed by atoms with Crippen molar-refractivity contribution < 1.29 is 0 Å². The van der Waals surface area contributed by atoms with E-state index in [1.807, 2.05) is 37.5 Å². The molecule has 1 aromatic rings. The first-order chi connectivity index (χ1) is 7.49. The van der Waals surface area contributed by atoms with Crippen molar-refractivity contribution in [2.75, 3.05) is 30.5 Å². The number of nitrogens with zero attached hydrogens (tertiary/aromatic N) is 3. The third-order valence-electron chi connectivity index (χ3n) is 2.43. The first-order valence-corrected chi connectivity index (χ1v) is 6.82. The Balaban J connectivity index is 3.06. The summed E-state index contributed by atoms with van der Waals surface area (Å²) in [6.45, 7) is 2.89. The molecule has 2 N–H and O–H groups in total. The molecule has 0 aliphatic rings. The van der Waals surface area contributed by atoms with Crippen LogP contribution in [0.3, 0.4) is 0 Å². The van der Waals surface area contributed by atoms with E-state index >= 15 is 0 Å². The van der Waals surface area contributed by atoms with Gasteiger partial charge in [0.15, 0.2) is 0 Å². The van der Waals surface area contributed by atoms with E-state index in [0.717, 1.165) is 29.4 Å². The van der Waals surface area contributed by atoms with Crippen LogP contribution in [-0.2, 0) is 7.05 Å². The summed E-state index contributed by atoms with van der Waals surface area (Å²) >= 11 is 6.89. The molecule has 0 fully saturated rings. The fourth-order valence-corrected chi connectivity index (χ4v) is 2.40. The van der Waals surface area contributed by atoms with Crippen LogP contribution in [-0.4, -0.2) is 40.4 Å². The molecule has 0 radical (unpaired) electrons. The molecule has 0 aliphatic heterocycles. The molecule has 0 saturated heterocycles. The van der Waals surface area contributed by atoms with Crippen molar-refractivity contribution in [2.24, 2.45) is 12.8 Å². The molecule has 6 heteroatoms. The van der Waals surface area contributed by atoms with Gasteiger partial charge in [0.25, 0.3) is 0 Å². The Morgan fingerprint density at radius 2 is 2.25 bits per heavy atom. The summed E-state index contributed by atoms with van der Waals surface area (Å²) in [6.07, 6.45) is 2.09. The fraction of sp³-hybridized carbons (Fsp3) is 0.600. The number of aryl methyl sites for hydroxylation is 2. The average molecular weight is 258 g/mol. The highest BCUT2D eigenvalue weighted by atomic mass is 32.2. The van der Waals surface area contributed by atoms with E-state index in [9.17, 15) is 0 Å². The largest absolute Gasteiger partial charge is 0.389 e. The maximum absolute atomic E-state index is 5.74.